The van der Waals surface area contributed by atoms with Crippen LogP contribution in [0.3, 0.4) is 0 Å². The van der Waals surface area contributed by atoms with E-state index in [1.807, 2.05) is 13.0 Å². The molecule has 0 unspecified atom stereocenters. The Hall–Kier alpha value is -1.73. The first kappa shape index (κ1) is 17.7. The number of hydrogen-bond acceptors (Lipinski definition) is 5. The zero-order valence-corrected chi connectivity index (χ0v) is 16.4. The van der Waals surface area contributed by atoms with Gasteiger partial charge in [-0.2, -0.15) is 5.10 Å². The molecule has 2 aliphatic rings. The van der Waals surface area contributed by atoms with Gasteiger partial charge in [0.25, 0.3) is 5.91 Å². The summed E-state index contributed by atoms with van der Waals surface area (Å²) in [6.07, 6.45) is 4.07. The van der Waals surface area contributed by atoms with Crippen molar-refractivity contribution in [1.82, 2.24) is 24.6 Å². The van der Waals surface area contributed by atoms with Crippen LogP contribution in [0.25, 0.3) is 0 Å². The van der Waals surface area contributed by atoms with E-state index in [4.69, 9.17) is 0 Å². The van der Waals surface area contributed by atoms with Gasteiger partial charge in [-0.05, 0) is 57.7 Å². The second kappa shape index (κ2) is 7.48. The first-order chi connectivity index (χ1) is 12.6. The number of fused-ring (bicyclic) bond motifs is 1. The van der Waals surface area contributed by atoms with Crippen LogP contribution in [0, 0.1) is 18.8 Å². The number of likely N-dealkylation sites (tertiary alicyclic amines) is 2. The molecule has 2 aromatic heterocycles. The second-order valence-electron chi connectivity index (χ2n) is 7.47. The lowest BCUT2D eigenvalue weighted by molar-refractivity contribution is 0.0767. The van der Waals surface area contributed by atoms with Crippen molar-refractivity contribution in [1.29, 1.82) is 0 Å². The Morgan fingerprint density at radius 2 is 2.00 bits per heavy atom. The van der Waals surface area contributed by atoms with Gasteiger partial charge in [0.2, 0.25) is 0 Å². The van der Waals surface area contributed by atoms with E-state index in [1.54, 1.807) is 22.2 Å². The number of rotatable bonds is 4. The van der Waals surface area contributed by atoms with Crippen LogP contribution in [-0.2, 0) is 13.1 Å². The van der Waals surface area contributed by atoms with Gasteiger partial charge >= 0.3 is 0 Å². The van der Waals surface area contributed by atoms with Gasteiger partial charge in [-0.3, -0.25) is 14.4 Å². The molecule has 0 radical (unpaired) electrons. The highest BCUT2D eigenvalue weighted by molar-refractivity contribution is 7.09. The monoisotopic (exact) mass is 373 g/mol. The van der Waals surface area contributed by atoms with Crippen molar-refractivity contribution >= 4 is 17.2 Å². The van der Waals surface area contributed by atoms with Crippen LogP contribution in [0.1, 0.15) is 41.0 Å². The highest BCUT2D eigenvalue weighted by atomic mass is 32.1. The number of hydrogen-bond donors (Lipinski definition) is 0. The van der Waals surface area contributed by atoms with Gasteiger partial charge < -0.3 is 4.90 Å². The molecule has 0 aromatic carbocycles. The summed E-state index contributed by atoms with van der Waals surface area (Å²) < 4.78 is 1.80. The highest BCUT2D eigenvalue weighted by Crippen LogP contribution is 2.33. The van der Waals surface area contributed by atoms with Crippen molar-refractivity contribution in [2.75, 3.05) is 26.2 Å². The molecule has 2 aromatic rings. The Labute approximate surface area is 158 Å². The van der Waals surface area contributed by atoms with E-state index in [0.717, 1.165) is 50.0 Å². The summed E-state index contributed by atoms with van der Waals surface area (Å²) in [4.78, 5) is 22.1. The van der Waals surface area contributed by atoms with Crippen LogP contribution < -0.4 is 0 Å². The molecule has 0 aliphatic carbocycles. The lowest BCUT2D eigenvalue weighted by Crippen LogP contribution is -2.32. The summed E-state index contributed by atoms with van der Waals surface area (Å²) in [5.74, 6) is 1.39. The van der Waals surface area contributed by atoms with Crippen molar-refractivity contribution in [3.05, 3.63) is 34.0 Å². The number of thiazole rings is 1. The Balaban J connectivity index is 1.35. The number of aryl methyl sites for hydroxylation is 2. The average Bonchev–Trinajstić information content (AvgIpc) is 3.34. The van der Waals surface area contributed by atoms with E-state index in [1.165, 1.54) is 18.5 Å². The Morgan fingerprint density at radius 1 is 1.27 bits per heavy atom. The minimum atomic E-state index is 0.146. The molecular weight excluding hydrogens is 346 g/mol. The molecule has 2 saturated heterocycles. The first-order valence-electron chi connectivity index (χ1n) is 9.58. The van der Waals surface area contributed by atoms with E-state index in [-0.39, 0.29) is 5.91 Å². The fourth-order valence-corrected chi connectivity index (χ4v) is 4.97. The van der Waals surface area contributed by atoms with Gasteiger partial charge in [0, 0.05) is 37.8 Å². The lowest BCUT2D eigenvalue weighted by Gasteiger charge is -2.21. The van der Waals surface area contributed by atoms with Crippen molar-refractivity contribution < 1.29 is 4.79 Å². The Kier molecular flexibility index (Phi) is 5.09. The largest absolute Gasteiger partial charge is 0.337 e. The van der Waals surface area contributed by atoms with Gasteiger partial charge in [0.1, 0.15) is 5.69 Å². The predicted octanol–water partition coefficient (Wildman–Crippen LogP) is 2.65. The number of amides is 1. The molecule has 140 valence electrons. The van der Waals surface area contributed by atoms with Crippen LogP contribution in [0.5, 0.6) is 0 Å². The summed E-state index contributed by atoms with van der Waals surface area (Å²) in [5.41, 5.74) is 1.92. The predicted molar refractivity (Wildman–Crippen MR) is 102 cm³/mol. The van der Waals surface area contributed by atoms with Crippen LogP contribution in [0.4, 0.5) is 0 Å². The van der Waals surface area contributed by atoms with Crippen molar-refractivity contribution in [2.24, 2.45) is 11.8 Å². The van der Waals surface area contributed by atoms with Gasteiger partial charge in [-0.25, -0.2) is 4.98 Å². The zero-order valence-electron chi connectivity index (χ0n) is 15.6. The van der Waals surface area contributed by atoms with Crippen LogP contribution in [-0.4, -0.2) is 56.7 Å². The summed E-state index contributed by atoms with van der Waals surface area (Å²) in [6.45, 7) is 9.78. The van der Waals surface area contributed by atoms with E-state index < -0.39 is 0 Å². The SMILES string of the molecule is CCn1nccc1C(=O)N1C[C@H]2CCN(Cc3csc(C)n3)CC[C@H]2C1. The molecule has 2 aliphatic heterocycles. The number of carbonyl (C=O) groups is 1. The lowest BCUT2D eigenvalue weighted by atomic mass is 9.92. The normalized spacial score (nSPS) is 23.8. The van der Waals surface area contributed by atoms with Crippen LogP contribution in [0.15, 0.2) is 17.6 Å². The van der Waals surface area contributed by atoms with Gasteiger partial charge in [-0.1, -0.05) is 0 Å². The van der Waals surface area contributed by atoms with E-state index in [2.05, 4.69) is 32.2 Å². The minimum Gasteiger partial charge on any atom is -0.337 e. The maximum atomic E-state index is 12.9. The molecule has 0 N–H and O–H groups in total. The third-order valence-electron chi connectivity index (χ3n) is 5.78. The molecular formula is C19H27N5OS. The average molecular weight is 374 g/mol. The molecule has 4 heterocycles. The Morgan fingerprint density at radius 3 is 2.62 bits per heavy atom. The Bertz CT molecular complexity index is 754. The number of aromatic nitrogens is 3. The molecule has 2 atom stereocenters. The molecule has 6 nitrogen and oxygen atoms in total. The maximum Gasteiger partial charge on any atom is 0.272 e. The van der Waals surface area contributed by atoms with E-state index in [0.29, 0.717) is 11.8 Å². The third-order valence-corrected chi connectivity index (χ3v) is 6.61. The highest BCUT2D eigenvalue weighted by Gasteiger charge is 2.37. The quantitative estimate of drug-likeness (QED) is 0.827. The summed E-state index contributed by atoms with van der Waals surface area (Å²) in [7, 11) is 0. The molecule has 4 rings (SSSR count). The fourth-order valence-electron chi connectivity index (χ4n) is 4.36. The standard InChI is InChI=1S/C19H27N5OS/c1-3-24-18(4-7-20-24)19(25)23-10-15-5-8-22(9-6-16(15)11-23)12-17-13-26-14(2)21-17/h4,7,13,15-16H,3,5-6,8-12H2,1-2H3/t15-,16+. The molecule has 2 fully saturated rings. The van der Waals surface area contributed by atoms with Crippen molar-refractivity contribution in [3.63, 3.8) is 0 Å². The zero-order chi connectivity index (χ0) is 18.1. The number of nitrogens with zero attached hydrogens (tertiary/aromatic N) is 5. The van der Waals surface area contributed by atoms with Crippen LogP contribution >= 0.6 is 11.3 Å². The van der Waals surface area contributed by atoms with Crippen LogP contribution in [0.2, 0.25) is 0 Å². The van der Waals surface area contributed by atoms with E-state index in [9.17, 15) is 4.79 Å². The summed E-state index contributed by atoms with van der Waals surface area (Å²) >= 11 is 1.73. The third kappa shape index (κ3) is 3.55. The molecule has 1 amide bonds. The van der Waals surface area contributed by atoms with Gasteiger partial charge in [0.05, 0.1) is 10.7 Å². The van der Waals surface area contributed by atoms with Crippen molar-refractivity contribution in [2.45, 2.75) is 39.8 Å². The first-order valence-corrected chi connectivity index (χ1v) is 10.5. The summed E-state index contributed by atoms with van der Waals surface area (Å²) in [5, 5.41) is 7.57. The fraction of sp³-hybridized carbons (Fsp3) is 0.632. The molecule has 26 heavy (non-hydrogen) atoms. The molecule has 0 spiro atoms. The van der Waals surface area contributed by atoms with E-state index >= 15 is 0 Å². The topological polar surface area (TPSA) is 54.3 Å². The van der Waals surface area contributed by atoms with Gasteiger partial charge in [-0.15, -0.1) is 11.3 Å². The number of carbonyl (C=O) groups excluding carboxylic acids is 1. The minimum absolute atomic E-state index is 0.146. The molecule has 0 saturated carbocycles. The molecule has 7 heteroatoms. The van der Waals surface area contributed by atoms with Crippen molar-refractivity contribution in [3.8, 4) is 0 Å². The summed E-state index contributed by atoms with van der Waals surface area (Å²) in [6, 6.07) is 1.84. The maximum absolute atomic E-state index is 12.9. The van der Waals surface area contributed by atoms with Gasteiger partial charge in [0.15, 0.2) is 0 Å². The molecule has 0 bridgehead atoms. The smallest absolute Gasteiger partial charge is 0.272 e. The second-order valence-corrected chi connectivity index (χ2v) is 8.54.